The largest absolute Gasteiger partial charge is 0.388 e. The number of amides is 1. The summed E-state index contributed by atoms with van der Waals surface area (Å²) in [4.78, 5) is 32.4. The van der Waals surface area contributed by atoms with Crippen LogP contribution >= 0.6 is 11.6 Å². The van der Waals surface area contributed by atoms with Crippen molar-refractivity contribution in [3.63, 3.8) is 0 Å². The van der Waals surface area contributed by atoms with Gasteiger partial charge in [-0.25, -0.2) is 4.98 Å². The molecule has 1 amide bonds. The minimum absolute atomic E-state index is 0.0311. The van der Waals surface area contributed by atoms with Gasteiger partial charge in [-0.05, 0) is 42.2 Å². The number of carbonyl (C=O) groups is 1. The first-order chi connectivity index (χ1) is 17.4. The zero-order valence-electron chi connectivity index (χ0n) is 19.9. The molecule has 0 bridgehead atoms. The first kappa shape index (κ1) is 24.2. The quantitative estimate of drug-likeness (QED) is 0.418. The molecule has 1 saturated heterocycles. The number of fused-ring (bicyclic) bond motifs is 1. The molecule has 184 valence electrons. The van der Waals surface area contributed by atoms with E-state index in [2.05, 4.69) is 29.2 Å². The van der Waals surface area contributed by atoms with Crippen LogP contribution < -0.4 is 5.56 Å². The highest BCUT2D eigenvalue weighted by Gasteiger charge is 2.35. The molecule has 1 aliphatic rings. The second-order valence-corrected chi connectivity index (χ2v) is 9.96. The molecular weight excluding hydrogens is 474 g/mol. The van der Waals surface area contributed by atoms with Crippen molar-refractivity contribution >= 4 is 28.4 Å². The lowest BCUT2D eigenvalue weighted by Gasteiger charge is -2.39. The maximum Gasteiger partial charge on any atom is 0.261 e. The van der Waals surface area contributed by atoms with Gasteiger partial charge in [0.1, 0.15) is 0 Å². The fourth-order valence-electron chi connectivity index (χ4n) is 4.99. The molecule has 1 N–H and O–H groups in total. The Morgan fingerprint density at radius 3 is 2.19 bits per heavy atom. The molecule has 5 rings (SSSR count). The van der Waals surface area contributed by atoms with Crippen molar-refractivity contribution in [2.75, 3.05) is 13.1 Å². The molecule has 3 aromatic carbocycles. The number of likely N-dealkylation sites (tertiary alicyclic amines) is 1. The number of halogens is 1. The van der Waals surface area contributed by atoms with Crippen LogP contribution in [0.5, 0.6) is 0 Å². The smallest absolute Gasteiger partial charge is 0.261 e. The average Bonchev–Trinajstić information content (AvgIpc) is 2.90. The Labute approximate surface area is 214 Å². The van der Waals surface area contributed by atoms with E-state index in [1.165, 1.54) is 10.9 Å². The molecule has 0 unspecified atom stereocenters. The topological polar surface area (TPSA) is 75.4 Å². The maximum absolute atomic E-state index is 13.3. The van der Waals surface area contributed by atoms with Crippen LogP contribution in [-0.2, 0) is 11.3 Å². The number of aromatic nitrogens is 2. The van der Waals surface area contributed by atoms with Crippen molar-refractivity contribution < 1.29 is 9.90 Å². The number of benzene rings is 3. The van der Waals surface area contributed by atoms with Gasteiger partial charge in [0.25, 0.3) is 5.56 Å². The monoisotopic (exact) mass is 501 g/mol. The summed E-state index contributed by atoms with van der Waals surface area (Å²) in [7, 11) is 0. The summed E-state index contributed by atoms with van der Waals surface area (Å²) in [5.74, 6) is 0.0349. The third kappa shape index (κ3) is 5.20. The highest BCUT2D eigenvalue weighted by molar-refractivity contribution is 6.31. The molecule has 1 fully saturated rings. The van der Waals surface area contributed by atoms with Gasteiger partial charge >= 0.3 is 0 Å². The van der Waals surface area contributed by atoms with E-state index in [0.717, 1.165) is 11.1 Å². The molecule has 0 saturated carbocycles. The van der Waals surface area contributed by atoms with Crippen LogP contribution in [0.3, 0.4) is 0 Å². The molecule has 0 aliphatic carbocycles. The number of hydrogen-bond donors (Lipinski definition) is 1. The molecule has 7 heteroatoms. The standard InChI is InChI=1S/C29H28ClN3O3/c30-23-11-12-24-26(17-23)31-20-33(28(24)35)19-29(36)13-15-32(16-14-29)27(34)18-25(21-7-3-1-4-8-21)22-9-5-2-6-10-22/h1-12,17,20,25,36H,13-16,18-19H2. The van der Waals surface area contributed by atoms with Crippen molar-refractivity contribution in [2.45, 2.75) is 37.3 Å². The SMILES string of the molecule is O=C(CC(c1ccccc1)c1ccccc1)N1CCC(O)(Cn2cnc3cc(Cl)ccc3c2=O)CC1. The normalized spacial score (nSPS) is 15.4. The fourth-order valence-corrected chi connectivity index (χ4v) is 5.16. The van der Waals surface area contributed by atoms with E-state index < -0.39 is 5.60 Å². The number of rotatable bonds is 6. The molecule has 2 heterocycles. The number of piperidine rings is 1. The molecule has 1 aromatic heterocycles. The van der Waals surface area contributed by atoms with Gasteiger partial charge in [-0.2, -0.15) is 0 Å². The van der Waals surface area contributed by atoms with Gasteiger partial charge in [0.2, 0.25) is 5.91 Å². The third-order valence-electron chi connectivity index (χ3n) is 7.08. The van der Waals surface area contributed by atoms with Crippen molar-refractivity contribution in [1.82, 2.24) is 14.5 Å². The Morgan fingerprint density at radius 2 is 1.58 bits per heavy atom. The van der Waals surface area contributed by atoms with Gasteiger partial charge in [0, 0.05) is 30.5 Å². The first-order valence-corrected chi connectivity index (χ1v) is 12.5. The minimum atomic E-state index is -1.08. The van der Waals surface area contributed by atoms with Crippen molar-refractivity contribution in [3.8, 4) is 0 Å². The molecule has 6 nitrogen and oxygen atoms in total. The Bertz CT molecular complexity index is 1370. The summed E-state index contributed by atoms with van der Waals surface area (Å²) in [5.41, 5.74) is 1.45. The van der Waals surface area contributed by atoms with E-state index in [1.54, 1.807) is 18.2 Å². The molecule has 1 aliphatic heterocycles. The summed E-state index contributed by atoms with van der Waals surface area (Å²) >= 11 is 6.01. The van der Waals surface area contributed by atoms with Crippen LogP contribution in [0.15, 0.2) is 90.0 Å². The predicted molar refractivity (Wildman–Crippen MR) is 141 cm³/mol. The van der Waals surface area contributed by atoms with Crippen LogP contribution in [0.25, 0.3) is 10.9 Å². The second-order valence-electron chi connectivity index (χ2n) is 9.52. The van der Waals surface area contributed by atoms with Crippen LogP contribution in [0, 0.1) is 0 Å². The lowest BCUT2D eigenvalue weighted by atomic mass is 9.87. The van der Waals surface area contributed by atoms with Gasteiger partial charge in [0.05, 0.1) is 29.4 Å². The first-order valence-electron chi connectivity index (χ1n) is 12.2. The van der Waals surface area contributed by atoms with Gasteiger partial charge in [-0.15, -0.1) is 0 Å². The van der Waals surface area contributed by atoms with E-state index in [-0.39, 0.29) is 23.9 Å². The summed E-state index contributed by atoms with van der Waals surface area (Å²) in [5, 5.41) is 12.2. The van der Waals surface area contributed by atoms with Gasteiger partial charge < -0.3 is 10.0 Å². The van der Waals surface area contributed by atoms with E-state index in [9.17, 15) is 14.7 Å². The van der Waals surface area contributed by atoms with E-state index in [4.69, 9.17) is 11.6 Å². The summed E-state index contributed by atoms with van der Waals surface area (Å²) in [6.07, 6.45) is 2.61. The molecule has 36 heavy (non-hydrogen) atoms. The van der Waals surface area contributed by atoms with Crippen molar-refractivity contribution in [3.05, 3.63) is 112 Å². The van der Waals surface area contributed by atoms with Gasteiger partial charge in [-0.1, -0.05) is 72.3 Å². The Balaban J connectivity index is 1.27. The van der Waals surface area contributed by atoms with Gasteiger partial charge in [-0.3, -0.25) is 14.2 Å². The molecular formula is C29H28ClN3O3. The minimum Gasteiger partial charge on any atom is -0.388 e. The van der Waals surface area contributed by atoms with Crippen LogP contribution in [0.2, 0.25) is 5.02 Å². The van der Waals surface area contributed by atoms with E-state index in [1.807, 2.05) is 41.3 Å². The number of carbonyl (C=O) groups excluding carboxylic acids is 1. The fraction of sp³-hybridized carbons (Fsp3) is 0.276. The lowest BCUT2D eigenvalue weighted by Crippen LogP contribution is -2.49. The second kappa shape index (κ2) is 10.2. The molecule has 0 spiro atoms. The lowest BCUT2D eigenvalue weighted by molar-refractivity contribution is -0.136. The number of nitrogens with zero attached hydrogens (tertiary/aromatic N) is 3. The van der Waals surface area contributed by atoms with E-state index in [0.29, 0.717) is 48.3 Å². The molecule has 0 atom stereocenters. The van der Waals surface area contributed by atoms with Crippen molar-refractivity contribution in [1.29, 1.82) is 0 Å². The highest BCUT2D eigenvalue weighted by atomic mass is 35.5. The van der Waals surface area contributed by atoms with Crippen LogP contribution in [-0.4, -0.2) is 44.2 Å². The Kier molecular flexibility index (Phi) is 6.90. The zero-order valence-corrected chi connectivity index (χ0v) is 20.6. The predicted octanol–water partition coefficient (Wildman–Crippen LogP) is 4.63. The number of aliphatic hydroxyl groups is 1. The van der Waals surface area contributed by atoms with E-state index >= 15 is 0 Å². The molecule has 4 aromatic rings. The van der Waals surface area contributed by atoms with Gasteiger partial charge in [0.15, 0.2) is 0 Å². The van der Waals surface area contributed by atoms with Crippen molar-refractivity contribution in [2.24, 2.45) is 0 Å². The Hall–Kier alpha value is -3.48. The average molecular weight is 502 g/mol. The zero-order chi connectivity index (χ0) is 25.1. The summed E-state index contributed by atoms with van der Waals surface area (Å²) < 4.78 is 1.45. The third-order valence-corrected chi connectivity index (χ3v) is 7.32. The molecule has 0 radical (unpaired) electrons. The van der Waals surface area contributed by atoms with Crippen LogP contribution in [0.4, 0.5) is 0 Å². The maximum atomic E-state index is 13.3. The highest BCUT2D eigenvalue weighted by Crippen LogP contribution is 2.30. The van der Waals surface area contributed by atoms with Crippen LogP contribution in [0.1, 0.15) is 36.3 Å². The summed E-state index contributed by atoms with van der Waals surface area (Å²) in [6.45, 7) is 1.02. The Morgan fingerprint density at radius 1 is 0.972 bits per heavy atom. The summed E-state index contributed by atoms with van der Waals surface area (Å²) in [6, 6.07) is 25.1. The number of hydrogen-bond acceptors (Lipinski definition) is 4.